The molecule has 0 aromatic rings. The number of carbonyl (C=O) groups is 2. The molecule has 0 saturated heterocycles. The van der Waals surface area contributed by atoms with Crippen molar-refractivity contribution in [3.05, 3.63) is 0 Å². The Hall–Kier alpha value is -0.990. The Morgan fingerprint density at radius 1 is 1.11 bits per heavy atom. The van der Waals surface area contributed by atoms with Gasteiger partial charge in [-0.1, -0.05) is 19.3 Å². The smallest absolute Gasteiger partial charge is 0.470 e. The standard InChI is InChI=1S/C6H13N.C3H5O8P/c7-6-4-2-1-3-5-6;4-2(5)1(3(6)7)11-12(8,9)10/h6H,1-5,7H2;1H,(H,4,5)(H,6,7)(H2,8,9,10). The molecule has 6 N–H and O–H groups in total. The molecule has 1 aliphatic carbocycles. The molecule has 0 heterocycles. The normalized spacial score (nSPS) is 16.6. The number of hydrogen-bond acceptors (Lipinski definition) is 5. The molecule has 0 bridgehead atoms. The van der Waals surface area contributed by atoms with E-state index >= 15 is 0 Å². The van der Waals surface area contributed by atoms with Gasteiger partial charge in [-0.25, -0.2) is 14.2 Å². The van der Waals surface area contributed by atoms with Gasteiger partial charge in [-0.05, 0) is 12.8 Å². The molecule has 9 nitrogen and oxygen atoms in total. The number of carboxylic acid groups (broad SMARTS) is 2. The van der Waals surface area contributed by atoms with E-state index in [2.05, 4.69) is 4.52 Å². The van der Waals surface area contributed by atoms with Gasteiger partial charge in [-0.15, -0.1) is 0 Å². The third kappa shape index (κ3) is 9.57. The van der Waals surface area contributed by atoms with Crippen LogP contribution in [0.15, 0.2) is 0 Å². The molecule has 0 atom stereocenters. The SMILES string of the molecule is NC1CCCCC1.O=C(O)C(OP(=O)(O)O)C(=O)O. The van der Waals surface area contributed by atoms with E-state index in [0.717, 1.165) is 0 Å². The molecule has 1 fully saturated rings. The minimum atomic E-state index is -5.09. The number of carboxylic acids is 2. The molecule has 1 saturated carbocycles. The largest absolute Gasteiger partial charge is 0.479 e. The first-order chi connectivity index (χ1) is 8.63. The summed E-state index contributed by atoms with van der Waals surface area (Å²) in [6.45, 7) is 0. The summed E-state index contributed by atoms with van der Waals surface area (Å²) in [5, 5.41) is 16.1. The van der Waals surface area contributed by atoms with Crippen LogP contribution in [-0.4, -0.2) is 44.1 Å². The van der Waals surface area contributed by atoms with E-state index in [-0.39, 0.29) is 0 Å². The van der Waals surface area contributed by atoms with Gasteiger partial charge in [-0.2, -0.15) is 0 Å². The van der Waals surface area contributed by atoms with Crippen molar-refractivity contribution >= 4 is 19.8 Å². The predicted octanol–water partition coefficient (Wildman–Crippen LogP) is -0.0887. The van der Waals surface area contributed by atoms with E-state index in [0.29, 0.717) is 6.04 Å². The van der Waals surface area contributed by atoms with Crippen molar-refractivity contribution in [3.8, 4) is 0 Å². The highest BCUT2D eigenvalue weighted by atomic mass is 31.2. The van der Waals surface area contributed by atoms with Crippen LogP contribution in [0.4, 0.5) is 0 Å². The van der Waals surface area contributed by atoms with Crippen LogP contribution in [0.2, 0.25) is 0 Å². The maximum atomic E-state index is 10.00. The summed E-state index contributed by atoms with van der Waals surface area (Å²) in [5.41, 5.74) is 5.63. The summed E-state index contributed by atoms with van der Waals surface area (Å²) in [7, 11) is -5.09. The van der Waals surface area contributed by atoms with Crippen LogP contribution in [0.5, 0.6) is 0 Å². The van der Waals surface area contributed by atoms with Crippen LogP contribution in [-0.2, 0) is 18.7 Å². The highest BCUT2D eigenvalue weighted by Crippen LogP contribution is 2.37. The van der Waals surface area contributed by atoms with Gasteiger partial charge in [0, 0.05) is 6.04 Å². The zero-order chi connectivity index (χ0) is 15.1. The number of nitrogens with two attached hydrogens (primary N) is 1. The van der Waals surface area contributed by atoms with Crippen LogP contribution >= 0.6 is 7.82 Å². The lowest BCUT2D eigenvalue weighted by atomic mass is 9.97. The van der Waals surface area contributed by atoms with Gasteiger partial charge in [0.05, 0.1) is 0 Å². The maximum absolute atomic E-state index is 10.00. The monoisotopic (exact) mass is 299 g/mol. The zero-order valence-electron chi connectivity index (χ0n) is 10.1. The molecule has 0 spiro atoms. The van der Waals surface area contributed by atoms with Crippen molar-refractivity contribution in [1.29, 1.82) is 0 Å². The highest BCUT2D eigenvalue weighted by molar-refractivity contribution is 7.46. The molecule has 0 aromatic carbocycles. The number of phosphoric acid groups is 1. The Morgan fingerprint density at radius 2 is 1.53 bits per heavy atom. The molecule has 112 valence electrons. The van der Waals surface area contributed by atoms with Gasteiger partial charge in [-0.3, -0.25) is 4.52 Å². The molecule has 0 amide bonds. The molecule has 0 aromatic heterocycles. The van der Waals surface area contributed by atoms with Gasteiger partial charge < -0.3 is 25.7 Å². The summed E-state index contributed by atoms with van der Waals surface area (Å²) in [5.74, 6) is -3.96. The van der Waals surface area contributed by atoms with Crippen molar-refractivity contribution < 1.29 is 38.7 Å². The molecule has 10 heteroatoms. The van der Waals surface area contributed by atoms with Crippen LogP contribution < -0.4 is 5.73 Å². The number of hydrogen-bond donors (Lipinski definition) is 5. The molecule has 1 aliphatic rings. The Kier molecular flexibility index (Phi) is 7.81. The van der Waals surface area contributed by atoms with Crippen LogP contribution in [0, 0.1) is 0 Å². The number of rotatable bonds is 4. The lowest BCUT2D eigenvalue weighted by molar-refractivity contribution is -0.160. The number of phosphoric ester groups is 1. The van der Waals surface area contributed by atoms with Crippen molar-refractivity contribution in [3.63, 3.8) is 0 Å². The van der Waals surface area contributed by atoms with Crippen LogP contribution in [0.3, 0.4) is 0 Å². The summed E-state index contributed by atoms with van der Waals surface area (Å²) in [6, 6.07) is 0.536. The average Bonchev–Trinajstić information content (AvgIpc) is 2.26. The first-order valence-electron chi connectivity index (χ1n) is 5.58. The quantitative estimate of drug-likeness (QED) is 0.352. The fraction of sp³-hybridized carbons (Fsp3) is 0.778. The van der Waals surface area contributed by atoms with Gasteiger partial charge in [0.2, 0.25) is 0 Å². The minimum absolute atomic E-state index is 0.536. The van der Waals surface area contributed by atoms with Gasteiger partial charge in [0.15, 0.2) is 0 Å². The lowest BCUT2D eigenvalue weighted by Crippen LogP contribution is -2.31. The minimum Gasteiger partial charge on any atom is -0.479 e. The summed E-state index contributed by atoms with van der Waals surface area (Å²) < 4.78 is 13.4. The predicted molar refractivity (Wildman–Crippen MR) is 63.2 cm³/mol. The summed E-state index contributed by atoms with van der Waals surface area (Å²) >= 11 is 0. The molecule has 1 rings (SSSR count). The van der Waals surface area contributed by atoms with E-state index < -0.39 is 25.9 Å². The van der Waals surface area contributed by atoms with E-state index in [1.54, 1.807) is 0 Å². The molecule has 0 radical (unpaired) electrons. The topological polar surface area (TPSA) is 167 Å². The second-order valence-corrected chi connectivity index (χ2v) is 5.24. The summed E-state index contributed by atoms with van der Waals surface area (Å²) in [6.07, 6.45) is 4.11. The molecular weight excluding hydrogens is 281 g/mol. The van der Waals surface area contributed by atoms with Crippen LogP contribution in [0.25, 0.3) is 0 Å². The van der Waals surface area contributed by atoms with Crippen molar-refractivity contribution in [2.75, 3.05) is 0 Å². The lowest BCUT2D eigenvalue weighted by Gasteiger charge is -2.15. The zero-order valence-corrected chi connectivity index (χ0v) is 11.0. The Balaban J connectivity index is 0.000000388. The van der Waals surface area contributed by atoms with E-state index in [1.807, 2.05) is 0 Å². The van der Waals surface area contributed by atoms with Crippen LogP contribution in [0.1, 0.15) is 32.1 Å². The molecule has 0 unspecified atom stereocenters. The van der Waals surface area contributed by atoms with E-state index in [4.69, 9.17) is 25.7 Å². The highest BCUT2D eigenvalue weighted by Gasteiger charge is 2.34. The van der Waals surface area contributed by atoms with Crippen molar-refractivity contribution in [2.24, 2.45) is 5.73 Å². The fourth-order valence-electron chi connectivity index (χ4n) is 1.47. The van der Waals surface area contributed by atoms with Crippen molar-refractivity contribution in [2.45, 2.75) is 44.2 Å². The average molecular weight is 299 g/mol. The molecule has 0 aliphatic heterocycles. The van der Waals surface area contributed by atoms with Gasteiger partial charge in [0.1, 0.15) is 0 Å². The maximum Gasteiger partial charge on any atom is 0.470 e. The second-order valence-electron chi connectivity index (χ2n) is 4.05. The first-order valence-corrected chi connectivity index (χ1v) is 7.11. The third-order valence-corrected chi connectivity index (χ3v) is 2.83. The second kappa shape index (κ2) is 8.23. The van der Waals surface area contributed by atoms with E-state index in [1.165, 1.54) is 32.1 Å². The fourth-order valence-corrected chi connectivity index (χ4v) is 1.92. The Morgan fingerprint density at radius 3 is 1.68 bits per heavy atom. The third-order valence-electron chi connectivity index (χ3n) is 2.34. The first kappa shape index (κ1) is 18.0. The molecule has 19 heavy (non-hydrogen) atoms. The Bertz CT molecular complexity index is 334. The van der Waals surface area contributed by atoms with Gasteiger partial charge in [0.25, 0.3) is 6.10 Å². The Labute approximate surface area is 109 Å². The van der Waals surface area contributed by atoms with E-state index in [9.17, 15) is 14.2 Å². The number of aliphatic carboxylic acids is 2. The summed E-state index contributed by atoms with van der Waals surface area (Å²) in [4.78, 5) is 36.0. The van der Waals surface area contributed by atoms with Gasteiger partial charge >= 0.3 is 19.8 Å². The van der Waals surface area contributed by atoms with Crippen molar-refractivity contribution in [1.82, 2.24) is 0 Å². The molecular formula is C9H18NO8P.